The zero-order valence-corrected chi connectivity index (χ0v) is 9.77. The topological polar surface area (TPSA) is 49.8 Å². The molecule has 16 heavy (non-hydrogen) atoms. The lowest BCUT2D eigenvalue weighted by atomic mass is 9.68. The molecule has 0 atom stereocenters. The molecule has 0 heterocycles. The fourth-order valence-electron chi connectivity index (χ4n) is 1.58. The van der Waals surface area contributed by atoms with Gasteiger partial charge in [-0.2, -0.15) is 0 Å². The Morgan fingerprint density at radius 3 is 2.88 bits per heavy atom. The predicted molar refractivity (Wildman–Crippen MR) is 69.7 cm³/mol. The zero-order chi connectivity index (χ0) is 12.0. The molecule has 1 radical (unpaired) electrons. The summed E-state index contributed by atoms with van der Waals surface area (Å²) in [6, 6.07) is 7.67. The second-order valence-electron chi connectivity index (χ2n) is 4.26. The average Bonchev–Trinajstić information content (AvgIpc) is 2.16. The van der Waals surface area contributed by atoms with Gasteiger partial charge in [0.25, 0.3) is 7.28 Å². The molecule has 2 nitrogen and oxygen atoms in total. The largest absolute Gasteiger partial charge is 0.399 e. The minimum Gasteiger partial charge on any atom is -0.399 e. The van der Waals surface area contributed by atoms with Crippen LogP contribution in [0.3, 0.4) is 0 Å². The summed E-state index contributed by atoms with van der Waals surface area (Å²) in [6.07, 6.45) is 2.92. The maximum Gasteiger partial charge on any atom is 0.287 e. The quantitative estimate of drug-likeness (QED) is 0.614. The molecule has 0 aliphatic carbocycles. The SMILES string of the molecule is CC(C)C/C([B]C#N)=C\c1cccc(N)c1. The molecule has 3 heteroatoms. The van der Waals surface area contributed by atoms with Crippen molar-refractivity contribution in [1.29, 1.82) is 5.26 Å². The van der Waals surface area contributed by atoms with Crippen LogP contribution in [0.25, 0.3) is 6.08 Å². The first-order valence-electron chi connectivity index (χ1n) is 5.40. The lowest BCUT2D eigenvalue weighted by Gasteiger charge is -2.06. The molecule has 0 saturated carbocycles. The van der Waals surface area contributed by atoms with E-state index in [-0.39, 0.29) is 0 Å². The van der Waals surface area contributed by atoms with Crippen molar-refractivity contribution in [3.8, 4) is 5.97 Å². The number of hydrogen-bond acceptors (Lipinski definition) is 2. The first-order chi connectivity index (χ1) is 7.61. The van der Waals surface area contributed by atoms with Crippen LogP contribution in [0.15, 0.2) is 29.7 Å². The number of nitriles is 1. The smallest absolute Gasteiger partial charge is 0.287 e. The maximum atomic E-state index is 8.71. The third kappa shape index (κ3) is 4.23. The van der Waals surface area contributed by atoms with E-state index in [0.717, 1.165) is 23.1 Å². The van der Waals surface area contributed by atoms with Crippen LogP contribution in [0.5, 0.6) is 0 Å². The normalized spacial score (nSPS) is 11.2. The third-order valence-electron chi connectivity index (χ3n) is 2.16. The van der Waals surface area contributed by atoms with E-state index in [4.69, 9.17) is 11.0 Å². The van der Waals surface area contributed by atoms with Crippen LogP contribution >= 0.6 is 0 Å². The molecule has 0 aliphatic rings. The highest BCUT2D eigenvalue weighted by molar-refractivity contribution is 6.54. The summed E-state index contributed by atoms with van der Waals surface area (Å²) in [7, 11) is 1.60. The van der Waals surface area contributed by atoms with Crippen LogP contribution in [-0.2, 0) is 0 Å². The number of anilines is 1. The van der Waals surface area contributed by atoms with Crippen LogP contribution in [0.2, 0.25) is 0 Å². The number of benzene rings is 1. The van der Waals surface area contributed by atoms with Crippen LogP contribution in [0, 0.1) is 17.1 Å². The van der Waals surface area contributed by atoms with Gasteiger partial charge in [0.05, 0.1) is 0 Å². The summed E-state index contributed by atoms with van der Waals surface area (Å²) in [5.74, 6) is 2.62. The molecule has 0 fully saturated rings. The molecule has 0 aliphatic heterocycles. The van der Waals surface area contributed by atoms with Gasteiger partial charge in [0.15, 0.2) is 0 Å². The number of nitrogens with two attached hydrogens (primary N) is 1. The fraction of sp³-hybridized carbons (Fsp3) is 0.308. The number of nitrogen functional groups attached to an aromatic ring is 1. The summed E-state index contributed by atoms with van der Waals surface area (Å²) in [5.41, 5.74) is 8.54. The summed E-state index contributed by atoms with van der Waals surface area (Å²) >= 11 is 0. The molecule has 0 bridgehead atoms. The summed E-state index contributed by atoms with van der Waals surface area (Å²) in [5, 5.41) is 8.71. The van der Waals surface area contributed by atoms with Crippen molar-refractivity contribution >= 4 is 19.0 Å². The third-order valence-corrected chi connectivity index (χ3v) is 2.16. The van der Waals surface area contributed by atoms with Gasteiger partial charge in [-0.25, -0.2) is 5.26 Å². The summed E-state index contributed by atoms with van der Waals surface area (Å²) < 4.78 is 0. The van der Waals surface area contributed by atoms with Crippen LogP contribution in [0.4, 0.5) is 5.69 Å². The number of rotatable bonds is 4. The highest BCUT2D eigenvalue weighted by atomic mass is 14.5. The second kappa shape index (κ2) is 6.02. The molecule has 0 saturated heterocycles. The van der Waals surface area contributed by atoms with Gasteiger partial charge in [-0.3, -0.25) is 0 Å². The number of allylic oxidation sites excluding steroid dienone is 1. The Labute approximate surface area is 98.0 Å². The zero-order valence-electron chi connectivity index (χ0n) is 9.77. The van der Waals surface area contributed by atoms with E-state index >= 15 is 0 Å². The minimum absolute atomic E-state index is 0.539. The molecule has 1 aromatic carbocycles. The first-order valence-corrected chi connectivity index (χ1v) is 5.40. The van der Waals surface area contributed by atoms with Crippen molar-refractivity contribution < 1.29 is 0 Å². The Hall–Kier alpha value is -1.69. The second-order valence-corrected chi connectivity index (χ2v) is 4.26. The average molecular weight is 211 g/mol. The Morgan fingerprint density at radius 1 is 1.56 bits per heavy atom. The minimum atomic E-state index is 0.539. The Balaban J connectivity index is 2.89. The van der Waals surface area contributed by atoms with Gasteiger partial charge in [-0.05, 0) is 30.0 Å². The van der Waals surface area contributed by atoms with Crippen molar-refractivity contribution in [1.82, 2.24) is 0 Å². The molecule has 0 aromatic heterocycles. The molecule has 1 aromatic rings. The molecule has 2 N–H and O–H groups in total. The van der Waals surface area contributed by atoms with Gasteiger partial charge in [-0.1, -0.05) is 37.5 Å². The van der Waals surface area contributed by atoms with Gasteiger partial charge in [0.2, 0.25) is 0 Å². The van der Waals surface area contributed by atoms with Gasteiger partial charge in [-0.15, -0.1) is 0 Å². The van der Waals surface area contributed by atoms with Crippen molar-refractivity contribution in [3.63, 3.8) is 0 Å². The van der Waals surface area contributed by atoms with E-state index in [1.807, 2.05) is 30.3 Å². The first kappa shape index (κ1) is 12.4. The molecule has 1 rings (SSSR count). The Bertz CT molecular complexity index is 416. The summed E-state index contributed by atoms with van der Waals surface area (Å²) in [4.78, 5) is 0. The van der Waals surface area contributed by atoms with Crippen LogP contribution in [0.1, 0.15) is 25.8 Å². The molecule has 0 amide bonds. The Kier molecular flexibility index (Phi) is 4.66. The van der Waals surface area contributed by atoms with E-state index in [1.54, 1.807) is 7.28 Å². The number of hydrogen-bond donors (Lipinski definition) is 1. The lowest BCUT2D eigenvalue weighted by Crippen LogP contribution is -1.99. The molecule has 81 valence electrons. The van der Waals surface area contributed by atoms with Crippen molar-refractivity contribution in [3.05, 3.63) is 35.3 Å². The molecule has 0 spiro atoms. The van der Waals surface area contributed by atoms with E-state index in [2.05, 4.69) is 19.8 Å². The van der Waals surface area contributed by atoms with E-state index in [0.29, 0.717) is 5.92 Å². The van der Waals surface area contributed by atoms with Crippen molar-refractivity contribution in [2.75, 3.05) is 5.73 Å². The van der Waals surface area contributed by atoms with Gasteiger partial charge in [0, 0.05) is 11.7 Å². The predicted octanol–water partition coefficient (Wildman–Crippen LogP) is 2.84. The highest BCUT2D eigenvalue weighted by Crippen LogP contribution is 2.15. The van der Waals surface area contributed by atoms with Crippen LogP contribution < -0.4 is 5.73 Å². The molecular weight excluding hydrogens is 195 g/mol. The molecular formula is C13H16BN2. The fourth-order valence-corrected chi connectivity index (χ4v) is 1.58. The summed E-state index contributed by atoms with van der Waals surface area (Å²) in [6.45, 7) is 4.27. The van der Waals surface area contributed by atoms with Gasteiger partial charge >= 0.3 is 0 Å². The van der Waals surface area contributed by atoms with Crippen molar-refractivity contribution in [2.45, 2.75) is 20.3 Å². The van der Waals surface area contributed by atoms with Crippen LogP contribution in [-0.4, -0.2) is 7.28 Å². The Morgan fingerprint density at radius 2 is 2.31 bits per heavy atom. The monoisotopic (exact) mass is 211 g/mol. The molecule has 0 unspecified atom stereocenters. The van der Waals surface area contributed by atoms with E-state index < -0.39 is 0 Å². The van der Waals surface area contributed by atoms with Gasteiger partial charge in [0.1, 0.15) is 0 Å². The lowest BCUT2D eigenvalue weighted by molar-refractivity contribution is 0.658. The van der Waals surface area contributed by atoms with Crippen molar-refractivity contribution in [2.24, 2.45) is 5.92 Å². The highest BCUT2D eigenvalue weighted by Gasteiger charge is 2.03. The maximum absolute atomic E-state index is 8.71. The number of nitrogens with zero attached hydrogens (tertiary/aromatic N) is 1. The van der Waals surface area contributed by atoms with E-state index in [1.165, 1.54) is 0 Å². The van der Waals surface area contributed by atoms with E-state index in [9.17, 15) is 0 Å². The van der Waals surface area contributed by atoms with Gasteiger partial charge < -0.3 is 5.73 Å². The standard InChI is InChI=1S/C13H16BN2/c1-10(2)6-12(14-9-15)7-11-4-3-5-13(16)8-11/h3-5,7-8,10H,6,16H2,1-2H3/b12-7+.